The number of H-pyrrole nitrogens is 1. The van der Waals surface area contributed by atoms with Crippen LogP contribution in [0.5, 0.6) is 0 Å². The zero-order chi connectivity index (χ0) is 15.3. The van der Waals surface area contributed by atoms with Gasteiger partial charge in [0.05, 0.1) is 11.1 Å². The number of nitrogens with one attached hydrogen (secondary N) is 1. The predicted molar refractivity (Wildman–Crippen MR) is 86.0 cm³/mol. The Balaban J connectivity index is 1.99. The molecule has 22 heavy (non-hydrogen) atoms. The van der Waals surface area contributed by atoms with Crippen molar-refractivity contribution in [1.29, 1.82) is 0 Å². The van der Waals surface area contributed by atoms with Crippen LogP contribution in [-0.4, -0.2) is 14.8 Å². The Morgan fingerprint density at radius 2 is 2.00 bits per heavy atom. The van der Waals surface area contributed by atoms with E-state index in [0.29, 0.717) is 16.7 Å². The minimum absolute atomic E-state index is 0.428. The zero-order valence-corrected chi connectivity index (χ0v) is 12.4. The summed E-state index contributed by atoms with van der Waals surface area (Å²) in [4.78, 5) is 27.1. The van der Waals surface area contributed by atoms with E-state index >= 15 is 0 Å². The lowest BCUT2D eigenvalue weighted by atomic mass is 9.88. The molecule has 5 nitrogen and oxygen atoms in total. The molecular formula is C16H10N4OS. The number of aromatic nitrogens is 2. The standard InChI is InChI=1S/C16H10N4OS/c1-8-6-9-4-2-3-5-10(9)13(22)12(8)15-18-11-7-17-16(21)20-14(11)19-15/h2-7H,1H3,(H,19,20,21). The van der Waals surface area contributed by atoms with Gasteiger partial charge in [0.1, 0.15) is 5.36 Å². The van der Waals surface area contributed by atoms with Gasteiger partial charge in [-0.2, -0.15) is 4.98 Å². The first-order valence-corrected chi connectivity index (χ1v) is 7.14. The smallest absolute Gasteiger partial charge is 0.288 e. The average Bonchev–Trinajstić information content (AvgIpc) is 2.89. The fraction of sp³-hybridized carbons (Fsp3) is 0.0625. The molecule has 0 fully saturated rings. The fourth-order valence-corrected chi connectivity index (χ4v) is 3.07. The van der Waals surface area contributed by atoms with E-state index in [1.807, 2.05) is 31.2 Å². The Morgan fingerprint density at radius 1 is 1.18 bits per heavy atom. The highest BCUT2D eigenvalue weighted by Gasteiger charge is 2.22. The summed E-state index contributed by atoms with van der Waals surface area (Å²) in [6, 6.07) is 7.97. The van der Waals surface area contributed by atoms with E-state index in [9.17, 15) is 4.79 Å². The van der Waals surface area contributed by atoms with Crippen molar-refractivity contribution < 1.29 is 0 Å². The van der Waals surface area contributed by atoms with Crippen molar-refractivity contribution in [2.75, 3.05) is 0 Å². The Bertz CT molecular complexity index is 1080. The summed E-state index contributed by atoms with van der Waals surface area (Å²) in [6.45, 7) is 1.99. The van der Waals surface area contributed by atoms with Crippen molar-refractivity contribution >= 4 is 23.2 Å². The summed E-state index contributed by atoms with van der Waals surface area (Å²) < 4.78 is 0. The van der Waals surface area contributed by atoms with Crippen molar-refractivity contribution in [2.45, 2.75) is 6.92 Å². The van der Waals surface area contributed by atoms with Gasteiger partial charge >= 0.3 is 5.69 Å². The fourth-order valence-electron chi connectivity index (χ4n) is 2.63. The van der Waals surface area contributed by atoms with E-state index in [2.05, 4.69) is 26.0 Å². The van der Waals surface area contributed by atoms with Gasteiger partial charge in [-0.1, -0.05) is 42.6 Å². The molecule has 1 aliphatic heterocycles. The van der Waals surface area contributed by atoms with Crippen molar-refractivity contribution in [3.8, 4) is 0 Å². The molecule has 2 heterocycles. The second kappa shape index (κ2) is 4.64. The number of benzene rings is 1. The Kier molecular flexibility index (Phi) is 2.74. The van der Waals surface area contributed by atoms with Gasteiger partial charge in [-0.05, 0) is 18.1 Å². The Morgan fingerprint density at radius 3 is 2.86 bits per heavy atom. The molecule has 1 aromatic carbocycles. The molecule has 2 aromatic rings. The van der Waals surface area contributed by atoms with E-state index in [1.54, 1.807) is 0 Å². The molecule has 0 unspecified atom stereocenters. The van der Waals surface area contributed by atoms with Crippen LogP contribution in [0.15, 0.2) is 62.2 Å². The molecular weight excluding hydrogens is 296 g/mol. The first-order valence-electron chi connectivity index (χ1n) is 6.73. The molecule has 0 spiro atoms. The number of aromatic amines is 1. The molecule has 1 aromatic heterocycles. The average molecular weight is 306 g/mol. The van der Waals surface area contributed by atoms with Gasteiger partial charge in [-0.25, -0.2) is 14.8 Å². The summed E-state index contributed by atoms with van der Waals surface area (Å²) in [7, 11) is 0. The second-order valence-corrected chi connectivity index (χ2v) is 5.50. The first kappa shape index (κ1) is 13.0. The second-order valence-electron chi connectivity index (χ2n) is 5.09. The minimum atomic E-state index is -0.437. The largest absolute Gasteiger partial charge is 0.346 e. The van der Waals surface area contributed by atoms with Crippen LogP contribution in [0.3, 0.4) is 0 Å². The van der Waals surface area contributed by atoms with Gasteiger partial charge in [0.25, 0.3) is 0 Å². The van der Waals surface area contributed by atoms with Crippen molar-refractivity contribution in [3.05, 3.63) is 79.9 Å². The Labute approximate surface area is 130 Å². The third-order valence-electron chi connectivity index (χ3n) is 3.64. The lowest BCUT2D eigenvalue weighted by Crippen LogP contribution is -2.33. The number of hydrogen-bond donors (Lipinski definition) is 1. The monoisotopic (exact) mass is 306 g/mol. The van der Waals surface area contributed by atoms with E-state index in [4.69, 9.17) is 12.2 Å². The molecule has 1 N–H and O–H groups in total. The lowest BCUT2D eigenvalue weighted by molar-refractivity contribution is 0.986. The van der Waals surface area contributed by atoms with Crippen LogP contribution in [0.4, 0.5) is 0 Å². The van der Waals surface area contributed by atoms with Crippen LogP contribution in [0.25, 0.3) is 6.08 Å². The third kappa shape index (κ3) is 1.88. The van der Waals surface area contributed by atoms with E-state index in [1.165, 1.54) is 6.20 Å². The van der Waals surface area contributed by atoms with Gasteiger partial charge in [-0.15, -0.1) is 0 Å². The number of hydrogen-bond acceptors (Lipinski definition) is 5. The van der Waals surface area contributed by atoms with E-state index in [0.717, 1.165) is 27.1 Å². The molecule has 1 aliphatic carbocycles. The minimum Gasteiger partial charge on any atom is -0.288 e. The normalized spacial score (nSPS) is 19.0. The predicted octanol–water partition coefficient (Wildman–Crippen LogP) is 1.07. The summed E-state index contributed by atoms with van der Waals surface area (Å²) in [5.41, 5.74) is 3.92. The third-order valence-corrected chi connectivity index (χ3v) is 4.06. The van der Waals surface area contributed by atoms with Crippen LogP contribution in [0.1, 0.15) is 18.1 Å². The number of rotatable bonds is 0. The van der Waals surface area contributed by atoms with Gasteiger partial charge in [0.15, 0.2) is 11.3 Å². The van der Waals surface area contributed by atoms with Crippen molar-refractivity contribution in [3.63, 3.8) is 0 Å². The summed E-state index contributed by atoms with van der Waals surface area (Å²) >= 11 is 5.63. The van der Waals surface area contributed by atoms with Crippen molar-refractivity contribution in [1.82, 2.24) is 9.97 Å². The van der Waals surface area contributed by atoms with Gasteiger partial charge in [0.2, 0.25) is 0 Å². The van der Waals surface area contributed by atoms with E-state index in [-0.39, 0.29) is 0 Å². The summed E-state index contributed by atoms with van der Waals surface area (Å²) in [5.74, 6) is 0.520. The number of thiocarbonyl (C=S) groups is 1. The molecule has 0 amide bonds. The number of allylic oxidation sites excluding steroid dienone is 2. The SMILES string of the molecule is CC1=Cc2ccccc2C(=S)C1=C1N=c2cnc(=O)[nH]c2=N1. The maximum Gasteiger partial charge on any atom is 0.346 e. The van der Waals surface area contributed by atoms with E-state index < -0.39 is 5.69 Å². The molecule has 0 bridgehead atoms. The number of fused-ring (bicyclic) bond motifs is 2. The number of nitrogens with zero attached hydrogens (tertiary/aromatic N) is 3. The molecule has 2 aliphatic rings. The lowest BCUT2D eigenvalue weighted by Gasteiger charge is -2.18. The van der Waals surface area contributed by atoms with Gasteiger partial charge in [0, 0.05) is 11.1 Å². The van der Waals surface area contributed by atoms with Crippen LogP contribution >= 0.6 is 12.2 Å². The summed E-state index contributed by atoms with van der Waals surface area (Å²) in [5, 5.41) is 0.552. The molecule has 4 rings (SSSR count). The highest BCUT2D eigenvalue weighted by molar-refractivity contribution is 7.81. The topological polar surface area (TPSA) is 70.5 Å². The molecule has 6 heteroatoms. The molecule has 106 valence electrons. The van der Waals surface area contributed by atoms with Crippen LogP contribution in [-0.2, 0) is 0 Å². The highest BCUT2D eigenvalue weighted by Crippen LogP contribution is 2.31. The Hall–Kier alpha value is -2.73. The van der Waals surface area contributed by atoms with Gasteiger partial charge < -0.3 is 0 Å². The van der Waals surface area contributed by atoms with Crippen molar-refractivity contribution in [2.24, 2.45) is 9.98 Å². The molecule has 0 saturated carbocycles. The van der Waals surface area contributed by atoms with Crippen LogP contribution in [0.2, 0.25) is 0 Å². The maximum atomic E-state index is 11.3. The molecule has 0 saturated heterocycles. The molecule has 0 radical (unpaired) electrons. The first-order chi connectivity index (χ1) is 10.6. The van der Waals surface area contributed by atoms with Gasteiger partial charge in [-0.3, -0.25) is 4.98 Å². The zero-order valence-electron chi connectivity index (χ0n) is 11.6. The van der Waals surface area contributed by atoms with Crippen LogP contribution in [0, 0.1) is 0 Å². The summed E-state index contributed by atoms with van der Waals surface area (Å²) in [6.07, 6.45) is 3.49. The molecule has 0 atom stereocenters. The highest BCUT2D eigenvalue weighted by atomic mass is 32.1. The maximum absolute atomic E-state index is 11.3. The quantitative estimate of drug-likeness (QED) is 0.584. The van der Waals surface area contributed by atoms with Crippen LogP contribution < -0.4 is 16.5 Å².